The van der Waals surface area contributed by atoms with Crippen LogP contribution < -0.4 is 10.1 Å². The molecule has 0 aromatic carbocycles. The van der Waals surface area contributed by atoms with E-state index in [4.69, 9.17) is 18.9 Å². The predicted octanol–water partition coefficient (Wildman–Crippen LogP) is 3.94. The lowest BCUT2D eigenvalue weighted by Gasteiger charge is -2.29. The molecule has 1 aromatic heterocycles. The maximum atomic E-state index is 13.3. The zero-order valence-electron chi connectivity index (χ0n) is 25.6. The molecule has 228 valence electrons. The number of nitrogens with zero attached hydrogens (tertiary/aromatic N) is 1. The lowest BCUT2D eigenvalue weighted by Crippen LogP contribution is -2.47. The van der Waals surface area contributed by atoms with Crippen LogP contribution in [0.2, 0.25) is 0 Å². The topological polar surface area (TPSA) is 147 Å². The highest BCUT2D eigenvalue weighted by atomic mass is 16.6. The summed E-state index contributed by atoms with van der Waals surface area (Å²) in [5, 5.41) is 2.49. The minimum Gasteiger partial charge on any atom is -0.463 e. The molecule has 0 bridgehead atoms. The largest absolute Gasteiger partial charge is 0.463 e. The normalized spacial score (nSPS) is 22.4. The van der Waals surface area contributed by atoms with Gasteiger partial charge in [-0.2, -0.15) is 0 Å². The summed E-state index contributed by atoms with van der Waals surface area (Å²) in [4.78, 5) is 68.4. The van der Waals surface area contributed by atoms with Crippen LogP contribution in [0.25, 0.3) is 0 Å². The molecular weight excluding hydrogens is 532 g/mol. The van der Waals surface area contributed by atoms with Crippen molar-refractivity contribution in [2.45, 2.75) is 99.8 Å². The monoisotopic (exact) mass is 576 g/mol. The first-order chi connectivity index (χ1) is 19.0. The molecule has 5 unspecified atom stereocenters. The Hall–Kier alpha value is -3.50. The Bertz CT molecular complexity index is 1130. The molecule has 0 radical (unpaired) electrons. The van der Waals surface area contributed by atoms with Gasteiger partial charge in [0, 0.05) is 12.6 Å². The van der Waals surface area contributed by atoms with Crippen LogP contribution in [0.1, 0.15) is 90.7 Å². The van der Waals surface area contributed by atoms with Crippen LogP contribution in [0, 0.1) is 30.1 Å². The highest BCUT2D eigenvalue weighted by Crippen LogP contribution is 2.28. The fourth-order valence-electron chi connectivity index (χ4n) is 4.70. The lowest BCUT2D eigenvalue weighted by atomic mass is 9.84. The smallest absolute Gasteiger partial charge is 0.332 e. The van der Waals surface area contributed by atoms with Crippen molar-refractivity contribution in [3.63, 3.8) is 0 Å². The van der Waals surface area contributed by atoms with Gasteiger partial charge in [-0.1, -0.05) is 48.5 Å². The molecule has 0 saturated carbocycles. The molecule has 5 atom stereocenters. The maximum Gasteiger partial charge on any atom is 0.332 e. The number of pyridine rings is 1. The fourth-order valence-corrected chi connectivity index (χ4v) is 4.70. The van der Waals surface area contributed by atoms with Gasteiger partial charge >= 0.3 is 23.9 Å². The molecule has 2 rings (SSSR count). The van der Waals surface area contributed by atoms with Crippen LogP contribution in [0.3, 0.4) is 0 Å². The van der Waals surface area contributed by atoms with Crippen molar-refractivity contribution in [2.75, 3.05) is 6.61 Å². The van der Waals surface area contributed by atoms with Crippen LogP contribution in [-0.4, -0.2) is 59.6 Å². The van der Waals surface area contributed by atoms with Gasteiger partial charge in [-0.05, 0) is 49.7 Å². The zero-order valence-corrected chi connectivity index (χ0v) is 25.6. The summed E-state index contributed by atoms with van der Waals surface area (Å²) in [7, 11) is 0. The number of aryl methyl sites for hydroxylation is 1. The van der Waals surface area contributed by atoms with E-state index in [1.807, 2.05) is 6.92 Å². The van der Waals surface area contributed by atoms with Crippen LogP contribution >= 0.6 is 0 Å². The SMILES string of the molecule is CCC1C(=O)OCC(NC(=O)c2nccc(C)c2OC(=O)CC(C)CC(C)(C)C)C(=O)OC(C)C1OC(=O)C(C)C. The number of carbonyl (C=O) groups is 5. The minimum atomic E-state index is -1.39. The average Bonchev–Trinajstić information content (AvgIpc) is 2.88. The van der Waals surface area contributed by atoms with Crippen molar-refractivity contribution < 1.29 is 42.9 Å². The average molecular weight is 577 g/mol. The van der Waals surface area contributed by atoms with Crippen molar-refractivity contribution in [1.82, 2.24) is 10.3 Å². The summed E-state index contributed by atoms with van der Waals surface area (Å²) >= 11 is 0. The number of nitrogens with one attached hydrogen (secondary N) is 1. The van der Waals surface area contributed by atoms with Gasteiger partial charge in [0.2, 0.25) is 0 Å². The van der Waals surface area contributed by atoms with Crippen LogP contribution in [-0.2, 0) is 33.4 Å². The van der Waals surface area contributed by atoms with E-state index in [-0.39, 0.29) is 35.6 Å². The van der Waals surface area contributed by atoms with E-state index in [0.717, 1.165) is 6.42 Å². The first-order valence-corrected chi connectivity index (χ1v) is 14.1. The molecule has 11 nitrogen and oxygen atoms in total. The Balaban J connectivity index is 2.24. The summed E-state index contributed by atoms with van der Waals surface area (Å²) in [6.45, 7) is 15.9. The molecule has 1 aromatic rings. The van der Waals surface area contributed by atoms with E-state index < -0.39 is 66.5 Å². The van der Waals surface area contributed by atoms with Crippen molar-refractivity contribution in [1.29, 1.82) is 0 Å². The van der Waals surface area contributed by atoms with Gasteiger partial charge < -0.3 is 24.3 Å². The van der Waals surface area contributed by atoms with Gasteiger partial charge in [-0.15, -0.1) is 0 Å². The van der Waals surface area contributed by atoms with Gasteiger partial charge in [0.25, 0.3) is 5.91 Å². The van der Waals surface area contributed by atoms with E-state index in [2.05, 4.69) is 31.1 Å². The summed E-state index contributed by atoms with van der Waals surface area (Å²) in [6, 6.07) is 0.211. The van der Waals surface area contributed by atoms with Crippen LogP contribution in [0.4, 0.5) is 0 Å². The number of amides is 1. The van der Waals surface area contributed by atoms with Crippen molar-refractivity contribution in [2.24, 2.45) is 23.2 Å². The maximum absolute atomic E-state index is 13.3. The van der Waals surface area contributed by atoms with E-state index in [9.17, 15) is 24.0 Å². The van der Waals surface area contributed by atoms with Gasteiger partial charge in [-0.25, -0.2) is 9.78 Å². The molecule has 0 spiro atoms. The first-order valence-electron chi connectivity index (χ1n) is 14.1. The molecular formula is C30H44N2O9. The third kappa shape index (κ3) is 9.82. The number of ether oxygens (including phenoxy) is 4. The number of cyclic esters (lactones) is 2. The summed E-state index contributed by atoms with van der Waals surface area (Å²) in [6.07, 6.45) is 0.543. The third-order valence-electron chi connectivity index (χ3n) is 6.62. The Kier molecular flexibility index (Phi) is 11.8. The number of rotatable bonds is 9. The lowest BCUT2D eigenvalue weighted by molar-refractivity contribution is -0.176. The Morgan fingerprint density at radius 1 is 1.15 bits per heavy atom. The third-order valence-corrected chi connectivity index (χ3v) is 6.62. The number of aromatic nitrogens is 1. The highest BCUT2D eigenvalue weighted by Gasteiger charge is 2.41. The molecule has 1 N–H and O–H groups in total. The highest BCUT2D eigenvalue weighted by molar-refractivity contribution is 5.98. The molecule has 1 fully saturated rings. The summed E-state index contributed by atoms with van der Waals surface area (Å²) in [5.41, 5.74) is 0.331. The molecule has 1 amide bonds. The number of esters is 4. The second-order valence-electron chi connectivity index (χ2n) is 12.2. The zero-order chi connectivity index (χ0) is 31.1. The molecule has 1 aliphatic heterocycles. The van der Waals surface area contributed by atoms with Gasteiger partial charge in [0.15, 0.2) is 23.6 Å². The van der Waals surface area contributed by atoms with Gasteiger partial charge in [0.05, 0.1) is 11.8 Å². The van der Waals surface area contributed by atoms with Crippen LogP contribution in [0.15, 0.2) is 12.3 Å². The predicted molar refractivity (Wildman–Crippen MR) is 149 cm³/mol. The van der Waals surface area contributed by atoms with Crippen molar-refractivity contribution in [3.8, 4) is 5.75 Å². The second kappa shape index (κ2) is 14.4. The first kappa shape index (κ1) is 33.7. The molecule has 0 aliphatic carbocycles. The Morgan fingerprint density at radius 3 is 2.39 bits per heavy atom. The second-order valence-corrected chi connectivity index (χ2v) is 12.2. The summed E-state index contributed by atoms with van der Waals surface area (Å²) < 4.78 is 22.0. The Morgan fingerprint density at radius 2 is 1.80 bits per heavy atom. The Labute approximate surface area is 242 Å². The minimum absolute atomic E-state index is 0.0218. The van der Waals surface area contributed by atoms with E-state index in [1.54, 1.807) is 33.8 Å². The molecule has 41 heavy (non-hydrogen) atoms. The van der Waals surface area contributed by atoms with Gasteiger partial charge in [0.1, 0.15) is 12.7 Å². The van der Waals surface area contributed by atoms with Gasteiger partial charge in [-0.3, -0.25) is 19.2 Å². The molecule has 2 heterocycles. The number of hydrogen-bond acceptors (Lipinski definition) is 10. The van der Waals surface area contributed by atoms with Crippen molar-refractivity contribution in [3.05, 3.63) is 23.5 Å². The van der Waals surface area contributed by atoms with E-state index in [0.29, 0.717) is 5.56 Å². The number of carbonyl (C=O) groups excluding carboxylic acids is 5. The van der Waals surface area contributed by atoms with E-state index >= 15 is 0 Å². The number of hydrogen-bond donors (Lipinski definition) is 1. The van der Waals surface area contributed by atoms with E-state index in [1.165, 1.54) is 13.1 Å². The summed E-state index contributed by atoms with van der Waals surface area (Å²) in [5.74, 6) is -4.76. The molecule has 1 saturated heterocycles. The standard InChI is InChI=1S/C30H44N2O9/c1-10-20-25(41-27(35)16(2)3)19(6)39-29(37)21(15-38-28(20)36)32-26(34)23-24(18(5)11-12-31-23)40-22(33)13-17(4)14-30(7,8)9/h11-12,16-17,19-21,25H,10,13-15H2,1-9H3,(H,32,34). The molecule has 1 aliphatic rings. The van der Waals surface area contributed by atoms with Crippen molar-refractivity contribution >= 4 is 29.8 Å². The fraction of sp³-hybridized carbons (Fsp3) is 0.667. The van der Waals surface area contributed by atoms with Crippen LogP contribution in [0.5, 0.6) is 5.75 Å². The molecule has 11 heteroatoms. The quantitative estimate of drug-likeness (QED) is 0.339.